The van der Waals surface area contributed by atoms with Crippen LogP contribution in [-0.4, -0.2) is 95.0 Å². The van der Waals surface area contributed by atoms with E-state index in [1.807, 2.05) is 32.9 Å². The Bertz CT molecular complexity index is 2130. The molecule has 2 aromatic rings. The molecule has 2 aliphatic heterocycles. The fourth-order valence-corrected chi connectivity index (χ4v) is 9.09. The lowest BCUT2D eigenvalue weighted by Gasteiger charge is -2.33. The fraction of sp³-hybridized carbons (Fsp3) is 0.634. The van der Waals surface area contributed by atoms with Gasteiger partial charge in [-0.05, 0) is 115 Å². The van der Waals surface area contributed by atoms with E-state index in [-0.39, 0.29) is 37.3 Å². The van der Waals surface area contributed by atoms with Crippen molar-refractivity contribution in [3.05, 3.63) is 42.6 Å². The molecule has 15 nitrogen and oxygen atoms in total. The summed E-state index contributed by atoms with van der Waals surface area (Å²) < 4.78 is 85.2. The number of carbonyl (C=O) groups is 4. The molecule has 6 rings (SSSR count). The van der Waals surface area contributed by atoms with Gasteiger partial charge in [0.15, 0.2) is 0 Å². The SMILES string of the molecule is CC(C)Oc1ccc2c(O[C@@H]3C[C@H]4C(=O)N[C@]5(C(=O)NS(=O)(=O)C6(C)CC6)C[C@H]5/C=C\CC[C@@H](C)C[C@@H](C)[C@H](NNC(=O)OC(C)(C)C(F)(F)F)C(=O)N4C3)nccc2c1. The van der Waals surface area contributed by atoms with Gasteiger partial charge in [-0.1, -0.05) is 26.0 Å². The third-order valence-corrected chi connectivity index (χ3v) is 14.1. The quantitative estimate of drug-likeness (QED) is 0.181. The third kappa shape index (κ3) is 9.61. The molecule has 3 heterocycles. The molecule has 4 N–H and O–H groups in total. The van der Waals surface area contributed by atoms with Crippen molar-refractivity contribution in [2.45, 2.75) is 140 Å². The minimum absolute atomic E-state index is 0.00813. The first-order chi connectivity index (χ1) is 27.9. The minimum atomic E-state index is -4.89. The molecule has 3 fully saturated rings. The van der Waals surface area contributed by atoms with Crippen LogP contribution in [0.25, 0.3) is 10.8 Å². The van der Waals surface area contributed by atoms with E-state index in [1.165, 1.54) is 4.90 Å². The summed E-state index contributed by atoms with van der Waals surface area (Å²) in [6.07, 6.45) is 0.430. The maximum absolute atomic E-state index is 14.8. The van der Waals surface area contributed by atoms with Crippen LogP contribution in [0, 0.1) is 17.8 Å². The Hall–Kier alpha value is -4.65. The number of hydrogen-bond acceptors (Lipinski definition) is 11. The van der Waals surface area contributed by atoms with Gasteiger partial charge in [0.25, 0.3) is 5.91 Å². The first-order valence-corrected chi connectivity index (χ1v) is 21.8. The highest BCUT2D eigenvalue weighted by Gasteiger charge is 2.63. The molecule has 0 bridgehead atoms. The number of aromatic nitrogens is 1. The Kier molecular flexibility index (Phi) is 12.5. The average Bonchev–Trinajstić information content (AvgIpc) is 4.02. The second kappa shape index (κ2) is 16.7. The summed E-state index contributed by atoms with van der Waals surface area (Å²) in [7, 11) is -4.07. The average molecular weight is 865 g/mol. The molecular formula is C41H55F3N6O9S. The number of pyridine rings is 1. The van der Waals surface area contributed by atoms with Gasteiger partial charge >= 0.3 is 12.3 Å². The van der Waals surface area contributed by atoms with Gasteiger partial charge in [0.1, 0.15) is 29.5 Å². The van der Waals surface area contributed by atoms with Gasteiger partial charge < -0.3 is 24.4 Å². The second-order valence-electron chi connectivity index (χ2n) is 17.8. The zero-order valence-corrected chi connectivity index (χ0v) is 35.7. The van der Waals surface area contributed by atoms with E-state index in [9.17, 15) is 40.8 Å². The Balaban J connectivity index is 1.32. The smallest absolute Gasteiger partial charge is 0.427 e. The van der Waals surface area contributed by atoms with Crippen LogP contribution in [-0.2, 0) is 29.1 Å². The molecule has 7 atom stereocenters. The molecular weight excluding hydrogens is 810 g/mol. The number of amides is 4. The van der Waals surface area contributed by atoms with Crippen molar-refractivity contribution >= 4 is 44.6 Å². The second-order valence-corrected chi connectivity index (χ2v) is 20.0. The highest BCUT2D eigenvalue weighted by Crippen LogP contribution is 2.48. The van der Waals surface area contributed by atoms with E-state index in [0.29, 0.717) is 57.1 Å². The molecule has 1 saturated heterocycles. The van der Waals surface area contributed by atoms with Crippen molar-refractivity contribution in [3.8, 4) is 11.6 Å². The van der Waals surface area contributed by atoms with Gasteiger partial charge in [-0.25, -0.2) is 23.6 Å². The topological polar surface area (TPSA) is 194 Å². The largest absolute Gasteiger partial charge is 0.491 e. The van der Waals surface area contributed by atoms with E-state index in [1.54, 1.807) is 44.3 Å². The molecule has 2 aliphatic carbocycles. The number of sulfonamides is 1. The molecule has 330 valence electrons. The molecule has 1 aromatic heterocycles. The van der Waals surface area contributed by atoms with Crippen LogP contribution in [0.2, 0.25) is 0 Å². The Morgan fingerprint density at radius 1 is 1.08 bits per heavy atom. The first kappa shape index (κ1) is 44.9. The normalized spacial score (nSPS) is 28.9. The van der Waals surface area contributed by atoms with Gasteiger partial charge in [-0.3, -0.25) is 24.5 Å². The molecule has 4 amide bonds. The van der Waals surface area contributed by atoms with Gasteiger partial charge in [0.05, 0.1) is 17.4 Å². The van der Waals surface area contributed by atoms with Crippen LogP contribution < -0.4 is 30.4 Å². The summed E-state index contributed by atoms with van der Waals surface area (Å²) in [4.78, 5) is 61.7. The predicted molar refractivity (Wildman–Crippen MR) is 214 cm³/mol. The van der Waals surface area contributed by atoms with Crippen LogP contribution in [0.3, 0.4) is 0 Å². The number of benzene rings is 1. The fourth-order valence-electron chi connectivity index (χ4n) is 7.77. The summed E-state index contributed by atoms with van der Waals surface area (Å²) in [6, 6.07) is 4.63. The summed E-state index contributed by atoms with van der Waals surface area (Å²) in [6.45, 7) is 10.3. The zero-order chi connectivity index (χ0) is 44.0. The molecule has 0 unspecified atom stereocenters. The monoisotopic (exact) mass is 864 g/mol. The zero-order valence-electron chi connectivity index (χ0n) is 34.9. The highest BCUT2D eigenvalue weighted by atomic mass is 32.2. The summed E-state index contributed by atoms with van der Waals surface area (Å²) in [5.41, 5.74) is 0.253. The number of nitrogens with one attached hydrogen (secondary N) is 4. The lowest BCUT2D eigenvalue weighted by molar-refractivity contribution is -0.244. The van der Waals surface area contributed by atoms with Crippen molar-refractivity contribution in [2.75, 3.05) is 6.54 Å². The van der Waals surface area contributed by atoms with E-state index in [0.717, 1.165) is 5.39 Å². The van der Waals surface area contributed by atoms with Crippen molar-refractivity contribution in [1.82, 2.24) is 30.8 Å². The number of ether oxygens (including phenoxy) is 3. The number of hydrogen-bond donors (Lipinski definition) is 4. The van der Waals surface area contributed by atoms with Crippen molar-refractivity contribution in [2.24, 2.45) is 17.8 Å². The number of nitrogens with zero attached hydrogens (tertiary/aromatic N) is 2. The standard InChI is InChI=1S/C41H55F3N6O9S/c1-23(2)57-28-12-13-30-26(19-28)14-17-45-34(30)58-29-20-31-33(51)46-40(36(53)49-60(55,56)39(7)15-16-39)21-27(40)11-9-8-10-24(3)18-25(4)32(35(52)50(31)22-29)47-48-37(54)59-38(5,6)41(42,43)44/h9,11-14,17,19,23-25,27,29,31-32,47H,8,10,15-16,18,20-22H2,1-7H3,(H,46,51)(H,48,54)(H,49,53)/b11-9-/t24-,25-,27-,29-,31+,32+,40-/m1/s1. The molecule has 4 aliphatic rings. The van der Waals surface area contributed by atoms with E-state index in [4.69, 9.17) is 9.47 Å². The van der Waals surface area contributed by atoms with Crippen LogP contribution in [0.5, 0.6) is 11.6 Å². The lowest BCUT2D eigenvalue weighted by Crippen LogP contribution is -2.61. The number of hydrazine groups is 1. The van der Waals surface area contributed by atoms with Gasteiger partial charge in [-0.15, -0.1) is 0 Å². The molecule has 2 saturated carbocycles. The van der Waals surface area contributed by atoms with Crippen LogP contribution in [0.4, 0.5) is 18.0 Å². The van der Waals surface area contributed by atoms with Gasteiger partial charge in [-0.2, -0.15) is 13.2 Å². The first-order valence-electron chi connectivity index (χ1n) is 20.3. The number of alkyl halides is 3. The summed E-state index contributed by atoms with van der Waals surface area (Å²) >= 11 is 0. The lowest BCUT2D eigenvalue weighted by atomic mass is 9.88. The van der Waals surface area contributed by atoms with E-state index < -0.39 is 85.9 Å². The number of fused-ring (bicyclic) bond motifs is 3. The van der Waals surface area contributed by atoms with Crippen molar-refractivity contribution < 1.29 is 55.0 Å². The maximum atomic E-state index is 14.8. The molecule has 19 heteroatoms. The van der Waals surface area contributed by atoms with Crippen LogP contribution in [0.15, 0.2) is 42.6 Å². The summed E-state index contributed by atoms with van der Waals surface area (Å²) in [5, 5.41) is 4.21. The van der Waals surface area contributed by atoms with Gasteiger partial charge in [0, 0.05) is 23.9 Å². The van der Waals surface area contributed by atoms with E-state index in [2.05, 4.69) is 30.6 Å². The molecule has 1 aromatic carbocycles. The van der Waals surface area contributed by atoms with Crippen LogP contribution >= 0.6 is 0 Å². The van der Waals surface area contributed by atoms with E-state index >= 15 is 0 Å². The summed E-state index contributed by atoms with van der Waals surface area (Å²) in [5.74, 6) is -2.51. The predicted octanol–water partition coefficient (Wildman–Crippen LogP) is 5.20. The number of rotatable bonds is 10. The van der Waals surface area contributed by atoms with Crippen LogP contribution in [0.1, 0.15) is 93.4 Å². The highest BCUT2D eigenvalue weighted by molar-refractivity contribution is 7.91. The number of halogens is 3. The Morgan fingerprint density at radius 2 is 1.80 bits per heavy atom. The third-order valence-electron chi connectivity index (χ3n) is 12.0. The number of carbonyl (C=O) groups excluding carboxylic acids is 4. The van der Waals surface area contributed by atoms with Gasteiger partial charge in [0.2, 0.25) is 33.3 Å². The Labute approximate surface area is 347 Å². The maximum Gasteiger partial charge on any atom is 0.427 e. The number of allylic oxidation sites excluding steroid dienone is 1. The molecule has 0 spiro atoms. The Morgan fingerprint density at radius 3 is 2.47 bits per heavy atom. The molecule has 0 radical (unpaired) electrons. The molecule has 60 heavy (non-hydrogen) atoms. The van der Waals surface area contributed by atoms with Crippen molar-refractivity contribution in [1.29, 1.82) is 0 Å². The van der Waals surface area contributed by atoms with Crippen molar-refractivity contribution in [3.63, 3.8) is 0 Å². The minimum Gasteiger partial charge on any atom is -0.491 e.